The third-order valence-electron chi connectivity index (χ3n) is 2.73. The summed E-state index contributed by atoms with van der Waals surface area (Å²) in [6, 6.07) is 7.38. The van der Waals surface area contributed by atoms with Gasteiger partial charge in [0.05, 0.1) is 7.11 Å². The molecule has 0 heterocycles. The van der Waals surface area contributed by atoms with Crippen molar-refractivity contribution in [3.63, 3.8) is 0 Å². The highest BCUT2D eigenvalue weighted by molar-refractivity contribution is 9.10. The maximum Gasteiger partial charge on any atom is 0.331 e. The van der Waals surface area contributed by atoms with Crippen LogP contribution in [0.4, 0.5) is 0 Å². The van der Waals surface area contributed by atoms with Crippen molar-refractivity contribution < 1.29 is 23.9 Å². The fourth-order valence-electron chi connectivity index (χ4n) is 1.54. The summed E-state index contributed by atoms with van der Waals surface area (Å²) in [7, 11) is 1.31. The average Bonchev–Trinajstić information content (AvgIpc) is 2.56. The molecule has 0 spiro atoms. The maximum atomic E-state index is 11.5. The smallest absolute Gasteiger partial charge is 0.331 e. The van der Waals surface area contributed by atoms with Crippen LogP contribution in [0, 0.1) is 0 Å². The Kier molecular flexibility index (Phi) is 8.67. The van der Waals surface area contributed by atoms with E-state index in [2.05, 4.69) is 26.0 Å². The van der Waals surface area contributed by atoms with Crippen molar-refractivity contribution in [1.29, 1.82) is 0 Å². The Bertz CT molecular complexity index is 568. The predicted molar refractivity (Wildman–Crippen MR) is 88.4 cm³/mol. The van der Waals surface area contributed by atoms with Crippen molar-refractivity contribution in [2.45, 2.75) is 12.8 Å². The van der Waals surface area contributed by atoms with Crippen molar-refractivity contribution in [3.05, 3.63) is 40.4 Å². The number of ether oxygens (including phenoxy) is 2. The number of halogens is 1. The molecule has 0 aliphatic heterocycles. The van der Waals surface area contributed by atoms with Crippen LogP contribution in [0.3, 0.4) is 0 Å². The van der Waals surface area contributed by atoms with E-state index in [-0.39, 0.29) is 19.0 Å². The first kappa shape index (κ1) is 18.9. The van der Waals surface area contributed by atoms with Crippen LogP contribution < -0.4 is 5.32 Å². The molecule has 6 nitrogen and oxygen atoms in total. The van der Waals surface area contributed by atoms with Gasteiger partial charge in [-0.05, 0) is 30.2 Å². The summed E-state index contributed by atoms with van der Waals surface area (Å²) in [5, 5.41) is 2.54. The van der Waals surface area contributed by atoms with Gasteiger partial charge in [0.15, 0.2) is 6.61 Å². The highest BCUT2D eigenvalue weighted by atomic mass is 79.9. The molecule has 1 rings (SSSR count). The molecular formula is C16H18BrNO5. The van der Waals surface area contributed by atoms with Gasteiger partial charge in [-0.2, -0.15) is 0 Å². The van der Waals surface area contributed by atoms with Crippen LogP contribution >= 0.6 is 15.9 Å². The summed E-state index contributed by atoms with van der Waals surface area (Å²) < 4.78 is 10.2. The molecular weight excluding hydrogens is 366 g/mol. The van der Waals surface area contributed by atoms with Crippen molar-refractivity contribution >= 4 is 39.9 Å². The number of rotatable bonds is 8. The molecule has 124 valence electrons. The van der Waals surface area contributed by atoms with Gasteiger partial charge in [-0.1, -0.05) is 28.1 Å². The topological polar surface area (TPSA) is 81.7 Å². The lowest BCUT2D eigenvalue weighted by Gasteiger charge is -2.04. The SMILES string of the molecule is COC(=O)CCCNC(=O)COC(=O)/C=C/c1ccc(Br)cc1. The molecule has 1 aromatic rings. The van der Waals surface area contributed by atoms with Crippen molar-refractivity contribution in [2.24, 2.45) is 0 Å². The number of carbonyl (C=O) groups excluding carboxylic acids is 3. The lowest BCUT2D eigenvalue weighted by Crippen LogP contribution is -2.29. The van der Waals surface area contributed by atoms with E-state index in [0.29, 0.717) is 13.0 Å². The van der Waals surface area contributed by atoms with Gasteiger partial charge in [-0.3, -0.25) is 9.59 Å². The third kappa shape index (κ3) is 8.77. The number of methoxy groups -OCH3 is 1. The van der Waals surface area contributed by atoms with Crippen molar-refractivity contribution in [1.82, 2.24) is 5.32 Å². The minimum Gasteiger partial charge on any atom is -0.469 e. The molecule has 0 fully saturated rings. The molecule has 23 heavy (non-hydrogen) atoms. The summed E-state index contributed by atoms with van der Waals surface area (Å²) in [6.45, 7) is -0.0397. The summed E-state index contributed by atoms with van der Waals surface area (Å²) >= 11 is 3.32. The zero-order valence-electron chi connectivity index (χ0n) is 12.7. The maximum absolute atomic E-state index is 11.5. The van der Waals surface area contributed by atoms with Crippen molar-refractivity contribution in [2.75, 3.05) is 20.3 Å². The van der Waals surface area contributed by atoms with Crippen LogP contribution in [0.15, 0.2) is 34.8 Å². The van der Waals surface area contributed by atoms with E-state index in [0.717, 1.165) is 10.0 Å². The molecule has 0 aliphatic carbocycles. The number of nitrogens with one attached hydrogen (secondary N) is 1. The second-order valence-corrected chi connectivity index (χ2v) is 5.44. The number of hydrogen-bond donors (Lipinski definition) is 1. The van der Waals surface area contributed by atoms with E-state index in [1.165, 1.54) is 13.2 Å². The lowest BCUT2D eigenvalue weighted by atomic mass is 10.2. The summed E-state index contributed by atoms with van der Waals surface area (Å²) in [6.07, 6.45) is 3.55. The zero-order valence-corrected chi connectivity index (χ0v) is 14.3. The zero-order chi connectivity index (χ0) is 17.1. The van der Waals surface area contributed by atoms with E-state index in [1.807, 2.05) is 24.3 Å². The second kappa shape index (κ2) is 10.6. The van der Waals surface area contributed by atoms with Crippen LogP contribution in [-0.4, -0.2) is 38.1 Å². The first-order valence-electron chi connectivity index (χ1n) is 6.95. The number of carbonyl (C=O) groups is 3. The second-order valence-electron chi connectivity index (χ2n) is 4.52. The minimum atomic E-state index is -0.599. The minimum absolute atomic E-state index is 0.229. The lowest BCUT2D eigenvalue weighted by molar-refractivity contribution is -0.143. The van der Waals surface area contributed by atoms with E-state index in [1.54, 1.807) is 6.08 Å². The van der Waals surface area contributed by atoms with Gasteiger partial charge in [0.25, 0.3) is 5.91 Å². The van der Waals surface area contributed by atoms with E-state index in [4.69, 9.17) is 4.74 Å². The van der Waals surface area contributed by atoms with Crippen LogP contribution in [0.2, 0.25) is 0 Å². The Hall–Kier alpha value is -2.15. The molecule has 0 aromatic heterocycles. The predicted octanol–water partition coefficient (Wildman–Crippen LogP) is 2.07. The standard InChI is InChI=1S/C16H18BrNO5/c1-22-15(20)3-2-10-18-14(19)11-23-16(21)9-6-12-4-7-13(17)8-5-12/h4-9H,2-3,10-11H2,1H3,(H,18,19)/b9-6+. The van der Waals surface area contributed by atoms with Gasteiger partial charge >= 0.3 is 11.9 Å². The Morgan fingerprint density at radius 3 is 2.57 bits per heavy atom. The Morgan fingerprint density at radius 1 is 1.22 bits per heavy atom. The first-order valence-corrected chi connectivity index (χ1v) is 7.74. The van der Waals surface area contributed by atoms with Crippen molar-refractivity contribution in [3.8, 4) is 0 Å². The molecule has 7 heteroatoms. The largest absolute Gasteiger partial charge is 0.469 e. The molecule has 0 unspecified atom stereocenters. The van der Waals surface area contributed by atoms with E-state index >= 15 is 0 Å². The van der Waals surface area contributed by atoms with E-state index in [9.17, 15) is 14.4 Å². The highest BCUT2D eigenvalue weighted by Crippen LogP contribution is 2.11. The number of esters is 2. The highest BCUT2D eigenvalue weighted by Gasteiger charge is 2.05. The Labute approximate surface area is 143 Å². The number of benzene rings is 1. The van der Waals surface area contributed by atoms with Gasteiger partial charge in [-0.25, -0.2) is 4.79 Å². The quantitative estimate of drug-likeness (QED) is 0.422. The van der Waals surface area contributed by atoms with Gasteiger partial charge in [0.2, 0.25) is 0 Å². The Balaban J connectivity index is 2.21. The van der Waals surface area contributed by atoms with Gasteiger partial charge in [0, 0.05) is 23.5 Å². The summed E-state index contributed by atoms with van der Waals surface area (Å²) in [4.78, 5) is 33.8. The first-order chi connectivity index (χ1) is 11.0. The van der Waals surface area contributed by atoms with Gasteiger partial charge in [-0.15, -0.1) is 0 Å². The molecule has 1 amide bonds. The third-order valence-corrected chi connectivity index (χ3v) is 3.26. The van der Waals surface area contributed by atoms with Crippen LogP contribution in [0.25, 0.3) is 6.08 Å². The molecule has 0 aliphatic rings. The Morgan fingerprint density at radius 2 is 1.91 bits per heavy atom. The molecule has 1 N–H and O–H groups in total. The monoisotopic (exact) mass is 383 g/mol. The average molecular weight is 384 g/mol. The fraction of sp³-hybridized carbons (Fsp3) is 0.312. The molecule has 0 saturated heterocycles. The van der Waals surface area contributed by atoms with Crippen LogP contribution in [-0.2, 0) is 23.9 Å². The van der Waals surface area contributed by atoms with Crippen LogP contribution in [0.1, 0.15) is 18.4 Å². The van der Waals surface area contributed by atoms with Crippen LogP contribution in [0.5, 0.6) is 0 Å². The molecule has 0 saturated carbocycles. The van der Waals surface area contributed by atoms with Gasteiger partial charge < -0.3 is 14.8 Å². The molecule has 0 atom stereocenters. The summed E-state index contributed by atoms with van der Waals surface area (Å²) in [5.41, 5.74) is 0.845. The number of hydrogen-bond acceptors (Lipinski definition) is 5. The fourth-order valence-corrected chi connectivity index (χ4v) is 1.80. The molecule has 1 aromatic carbocycles. The molecule has 0 bridgehead atoms. The molecule has 0 radical (unpaired) electrons. The number of amides is 1. The normalized spacial score (nSPS) is 10.3. The van der Waals surface area contributed by atoms with Gasteiger partial charge in [0.1, 0.15) is 0 Å². The van der Waals surface area contributed by atoms with E-state index < -0.39 is 11.9 Å². The summed E-state index contributed by atoms with van der Waals surface area (Å²) in [5.74, 6) is -1.35.